The molecule has 0 aliphatic heterocycles. The highest BCUT2D eigenvalue weighted by molar-refractivity contribution is 14.1. The summed E-state index contributed by atoms with van der Waals surface area (Å²) in [5.41, 5.74) is 1.51. The molecular weight excluding hydrogens is 307 g/mol. The van der Waals surface area contributed by atoms with Gasteiger partial charge in [0.25, 0.3) is 0 Å². The molecule has 1 aliphatic rings. The zero-order valence-corrected chi connectivity index (χ0v) is 10.9. The maximum atomic E-state index is 11.5. The van der Waals surface area contributed by atoms with Gasteiger partial charge in [-0.1, -0.05) is 6.92 Å². The van der Waals surface area contributed by atoms with Crippen molar-refractivity contribution >= 4 is 28.6 Å². The second-order valence-electron chi connectivity index (χ2n) is 3.84. The van der Waals surface area contributed by atoms with Gasteiger partial charge in [-0.2, -0.15) is 5.10 Å². The number of hydrogen-bond acceptors (Lipinski definition) is 3. The van der Waals surface area contributed by atoms with Gasteiger partial charge in [0.2, 0.25) is 0 Å². The van der Waals surface area contributed by atoms with Crippen LogP contribution in [0.3, 0.4) is 0 Å². The number of H-pyrrole nitrogens is 1. The highest BCUT2D eigenvalue weighted by Crippen LogP contribution is 2.47. The number of ether oxygens (including phenoxy) is 1. The number of rotatable bonds is 3. The number of esters is 1. The Morgan fingerprint density at radius 1 is 1.73 bits per heavy atom. The molecule has 5 heteroatoms. The molecule has 1 saturated carbocycles. The van der Waals surface area contributed by atoms with Crippen LogP contribution in [0.2, 0.25) is 0 Å². The molecule has 82 valence electrons. The highest BCUT2D eigenvalue weighted by atomic mass is 127. The van der Waals surface area contributed by atoms with Crippen LogP contribution < -0.4 is 0 Å². The van der Waals surface area contributed by atoms with Crippen molar-refractivity contribution in [3.05, 3.63) is 15.0 Å². The Hall–Kier alpha value is -0.590. The third-order valence-corrected chi connectivity index (χ3v) is 3.77. The number of nitrogens with zero attached hydrogens (tertiary/aromatic N) is 1. The van der Waals surface area contributed by atoms with E-state index < -0.39 is 0 Å². The SMILES string of the molecule is CCOC(=O)c1n[nH]c(C2C[C@@H]2C)c1I. The summed E-state index contributed by atoms with van der Waals surface area (Å²) in [6.45, 7) is 4.38. The summed E-state index contributed by atoms with van der Waals surface area (Å²) in [6.07, 6.45) is 1.18. The Morgan fingerprint density at radius 3 is 2.93 bits per heavy atom. The van der Waals surface area contributed by atoms with E-state index >= 15 is 0 Å². The molecule has 0 spiro atoms. The Balaban J connectivity index is 2.20. The van der Waals surface area contributed by atoms with Crippen LogP contribution in [-0.4, -0.2) is 22.8 Å². The lowest BCUT2D eigenvalue weighted by molar-refractivity contribution is 0.0518. The second-order valence-corrected chi connectivity index (χ2v) is 4.92. The molecule has 15 heavy (non-hydrogen) atoms. The van der Waals surface area contributed by atoms with Gasteiger partial charge in [-0.3, -0.25) is 5.10 Å². The highest BCUT2D eigenvalue weighted by Gasteiger charge is 2.38. The summed E-state index contributed by atoms with van der Waals surface area (Å²) in [5.74, 6) is 0.916. The molecule has 1 aromatic heterocycles. The molecule has 0 radical (unpaired) electrons. The van der Waals surface area contributed by atoms with Gasteiger partial charge in [0, 0.05) is 5.92 Å². The molecule has 2 atom stereocenters. The van der Waals surface area contributed by atoms with E-state index in [1.165, 1.54) is 6.42 Å². The molecule has 0 saturated heterocycles. The molecule has 2 rings (SSSR count). The molecule has 1 N–H and O–H groups in total. The first kappa shape index (κ1) is 10.9. The molecule has 1 heterocycles. The number of hydrogen-bond donors (Lipinski definition) is 1. The Morgan fingerprint density at radius 2 is 2.40 bits per heavy atom. The van der Waals surface area contributed by atoms with Crippen LogP contribution in [-0.2, 0) is 4.74 Å². The first-order valence-corrected chi connectivity index (χ1v) is 6.13. The van der Waals surface area contributed by atoms with Gasteiger partial charge in [-0.05, 0) is 41.9 Å². The largest absolute Gasteiger partial charge is 0.461 e. The molecule has 1 fully saturated rings. The smallest absolute Gasteiger partial charge is 0.359 e. The van der Waals surface area contributed by atoms with Gasteiger partial charge < -0.3 is 4.74 Å². The Labute approximate surface area is 102 Å². The van der Waals surface area contributed by atoms with E-state index in [-0.39, 0.29) is 5.97 Å². The van der Waals surface area contributed by atoms with Crippen molar-refractivity contribution < 1.29 is 9.53 Å². The number of carbonyl (C=O) groups excluding carboxylic acids is 1. The molecule has 0 aromatic carbocycles. The van der Waals surface area contributed by atoms with E-state index in [9.17, 15) is 4.79 Å². The van der Waals surface area contributed by atoms with Crippen LogP contribution in [0.1, 0.15) is 42.4 Å². The van der Waals surface area contributed by atoms with Crippen molar-refractivity contribution in [2.75, 3.05) is 6.61 Å². The van der Waals surface area contributed by atoms with Gasteiger partial charge in [0.1, 0.15) is 0 Å². The van der Waals surface area contributed by atoms with Crippen LogP contribution in [0.25, 0.3) is 0 Å². The summed E-state index contributed by atoms with van der Waals surface area (Å²) in [4.78, 5) is 11.5. The number of carbonyl (C=O) groups is 1. The van der Waals surface area contributed by atoms with Gasteiger partial charge in [-0.25, -0.2) is 4.79 Å². The van der Waals surface area contributed by atoms with E-state index in [1.807, 2.05) is 0 Å². The summed E-state index contributed by atoms with van der Waals surface area (Å²) in [5, 5.41) is 6.97. The number of halogens is 1. The van der Waals surface area contributed by atoms with Gasteiger partial charge >= 0.3 is 5.97 Å². The summed E-state index contributed by atoms with van der Waals surface area (Å²) in [7, 11) is 0. The maximum absolute atomic E-state index is 11.5. The van der Waals surface area contributed by atoms with E-state index in [4.69, 9.17) is 4.74 Å². The predicted molar refractivity (Wildman–Crippen MR) is 63.8 cm³/mol. The minimum absolute atomic E-state index is 0.335. The molecule has 0 bridgehead atoms. The van der Waals surface area contributed by atoms with Gasteiger partial charge in [0.05, 0.1) is 15.9 Å². The van der Waals surface area contributed by atoms with Crippen LogP contribution >= 0.6 is 22.6 Å². The third kappa shape index (κ3) is 2.02. The average Bonchev–Trinajstić information content (AvgIpc) is 2.76. The topological polar surface area (TPSA) is 55.0 Å². The molecule has 1 aliphatic carbocycles. The molecule has 1 unspecified atom stereocenters. The first-order chi connectivity index (χ1) is 7.15. The average molecular weight is 320 g/mol. The summed E-state index contributed by atoms with van der Waals surface area (Å²) < 4.78 is 5.84. The second kappa shape index (κ2) is 4.11. The van der Waals surface area contributed by atoms with Crippen molar-refractivity contribution in [1.82, 2.24) is 10.2 Å². The van der Waals surface area contributed by atoms with Gasteiger partial charge in [0.15, 0.2) is 5.69 Å². The Bertz CT molecular complexity index is 389. The van der Waals surface area contributed by atoms with E-state index in [0.29, 0.717) is 24.1 Å². The van der Waals surface area contributed by atoms with Crippen molar-refractivity contribution in [3.8, 4) is 0 Å². The standard InChI is InChI=1S/C10H13IN2O2/c1-3-15-10(14)9-7(11)8(12-13-9)6-4-5(6)2/h5-6H,3-4H2,1-2H3,(H,12,13)/t5-,6?/m0/s1. The van der Waals surface area contributed by atoms with Crippen LogP contribution in [0.15, 0.2) is 0 Å². The zero-order chi connectivity index (χ0) is 11.0. The minimum Gasteiger partial charge on any atom is -0.461 e. The fraction of sp³-hybridized carbons (Fsp3) is 0.600. The number of aromatic amines is 1. The van der Waals surface area contributed by atoms with E-state index in [0.717, 1.165) is 9.26 Å². The molecule has 0 amide bonds. The predicted octanol–water partition coefficient (Wildman–Crippen LogP) is 2.31. The van der Waals surface area contributed by atoms with Gasteiger partial charge in [-0.15, -0.1) is 0 Å². The fourth-order valence-electron chi connectivity index (χ4n) is 1.65. The van der Waals surface area contributed by atoms with Crippen molar-refractivity contribution in [1.29, 1.82) is 0 Å². The van der Waals surface area contributed by atoms with E-state index in [2.05, 4.69) is 39.7 Å². The third-order valence-electron chi connectivity index (χ3n) is 2.68. The fourth-order valence-corrected chi connectivity index (χ4v) is 2.51. The lowest BCUT2D eigenvalue weighted by atomic mass is 10.2. The number of nitrogens with one attached hydrogen (secondary N) is 1. The summed E-state index contributed by atoms with van der Waals surface area (Å²) in [6, 6.07) is 0. The number of aromatic nitrogens is 2. The zero-order valence-electron chi connectivity index (χ0n) is 8.71. The van der Waals surface area contributed by atoms with Crippen LogP contribution in [0, 0.1) is 9.49 Å². The monoisotopic (exact) mass is 320 g/mol. The molecule has 4 nitrogen and oxygen atoms in total. The van der Waals surface area contributed by atoms with Crippen molar-refractivity contribution in [3.63, 3.8) is 0 Å². The normalized spacial score (nSPS) is 23.9. The Kier molecular flexibility index (Phi) is 2.99. The maximum Gasteiger partial charge on any atom is 0.359 e. The summed E-state index contributed by atoms with van der Waals surface area (Å²) >= 11 is 2.16. The van der Waals surface area contributed by atoms with Crippen LogP contribution in [0.4, 0.5) is 0 Å². The minimum atomic E-state index is -0.335. The lowest BCUT2D eigenvalue weighted by Gasteiger charge is -1.98. The van der Waals surface area contributed by atoms with Crippen molar-refractivity contribution in [2.45, 2.75) is 26.2 Å². The molecular formula is C10H13IN2O2. The quantitative estimate of drug-likeness (QED) is 0.687. The first-order valence-electron chi connectivity index (χ1n) is 5.06. The van der Waals surface area contributed by atoms with E-state index in [1.54, 1.807) is 6.92 Å². The molecule has 1 aromatic rings. The van der Waals surface area contributed by atoms with Crippen LogP contribution in [0.5, 0.6) is 0 Å². The lowest BCUT2D eigenvalue weighted by Crippen LogP contribution is -2.06. The van der Waals surface area contributed by atoms with Crippen molar-refractivity contribution in [2.24, 2.45) is 5.92 Å².